The summed E-state index contributed by atoms with van der Waals surface area (Å²) < 4.78 is 33.4. The molecular weight excluding hydrogens is 318 g/mol. The molecule has 0 aromatic heterocycles. The first-order valence-electron chi connectivity index (χ1n) is 7.46. The lowest BCUT2D eigenvalue weighted by molar-refractivity contribution is -0.138. The molecule has 1 aliphatic rings. The molecule has 2 rings (SSSR count). The zero-order chi connectivity index (χ0) is 17.5. The van der Waals surface area contributed by atoms with E-state index < -0.39 is 10.1 Å². The predicted molar refractivity (Wildman–Crippen MR) is 87.6 cm³/mol. The molecule has 6 nitrogen and oxygen atoms in total. The number of hydrogen-bond donors (Lipinski definition) is 1. The monoisotopic (exact) mass is 343 g/mol. The highest BCUT2D eigenvalue weighted by molar-refractivity contribution is 7.86. The van der Waals surface area contributed by atoms with Crippen LogP contribution in [0.4, 0.5) is 0 Å². The van der Waals surface area contributed by atoms with E-state index in [0.29, 0.717) is 13.0 Å². The Labute approximate surface area is 138 Å². The molecule has 1 atom stereocenters. The van der Waals surface area contributed by atoms with Gasteiger partial charge in [0.2, 0.25) is 0 Å². The van der Waals surface area contributed by atoms with Crippen LogP contribution in [-0.4, -0.2) is 39.7 Å². The fourth-order valence-corrected chi connectivity index (χ4v) is 2.90. The second kappa shape index (κ2) is 8.42. The Morgan fingerprint density at radius 3 is 2.22 bits per heavy atom. The summed E-state index contributed by atoms with van der Waals surface area (Å²) in [5, 5.41) is 3.07. The summed E-state index contributed by atoms with van der Waals surface area (Å²) in [7, 11) is -3.60. The molecule has 1 aliphatic heterocycles. The van der Waals surface area contributed by atoms with Crippen LogP contribution in [0.25, 0.3) is 0 Å². The van der Waals surface area contributed by atoms with E-state index >= 15 is 0 Å². The molecular formula is C16H25NO5S. The lowest BCUT2D eigenvalue weighted by Crippen LogP contribution is -2.21. The van der Waals surface area contributed by atoms with Crippen LogP contribution in [-0.2, 0) is 23.8 Å². The first kappa shape index (κ1) is 19.6. The minimum atomic E-state index is -3.60. The third-order valence-corrected chi connectivity index (χ3v) is 4.36. The third-order valence-electron chi connectivity index (χ3n) is 2.99. The van der Waals surface area contributed by atoms with Crippen molar-refractivity contribution < 1.29 is 22.1 Å². The van der Waals surface area contributed by atoms with Gasteiger partial charge in [0.1, 0.15) is 5.60 Å². The summed E-state index contributed by atoms with van der Waals surface area (Å²) in [6.45, 7) is 9.25. The largest absolute Gasteiger partial charge is 0.462 e. The highest BCUT2D eigenvalue weighted by atomic mass is 32.2. The summed E-state index contributed by atoms with van der Waals surface area (Å²) >= 11 is 0. The second-order valence-corrected chi connectivity index (χ2v) is 7.88. The minimum absolute atomic E-state index is 0.227. The van der Waals surface area contributed by atoms with Crippen molar-refractivity contribution in [1.82, 2.24) is 5.32 Å². The molecule has 1 heterocycles. The summed E-state index contributed by atoms with van der Waals surface area (Å²) in [6.07, 6.45) is 0.511. The Kier molecular flexibility index (Phi) is 7.18. The summed E-state index contributed by atoms with van der Waals surface area (Å²) in [4.78, 5) is 9.83. The second-order valence-electron chi connectivity index (χ2n) is 6.30. The van der Waals surface area contributed by atoms with Crippen LogP contribution < -0.4 is 5.32 Å². The highest BCUT2D eigenvalue weighted by Crippen LogP contribution is 2.17. The molecule has 130 valence electrons. The summed E-state index contributed by atoms with van der Waals surface area (Å²) in [5.41, 5.74) is 0.711. The van der Waals surface area contributed by atoms with E-state index in [4.69, 9.17) is 4.18 Å². The molecule has 0 amide bonds. The maximum atomic E-state index is 11.8. The molecule has 1 aromatic rings. The highest BCUT2D eigenvalue weighted by Gasteiger charge is 2.24. The van der Waals surface area contributed by atoms with Gasteiger partial charge in [0.25, 0.3) is 16.6 Å². The van der Waals surface area contributed by atoms with E-state index in [9.17, 15) is 13.2 Å². The van der Waals surface area contributed by atoms with Crippen LogP contribution in [0.2, 0.25) is 0 Å². The van der Waals surface area contributed by atoms with Gasteiger partial charge in [-0.05, 0) is 52.8 Å². The first-order chi connectivity index (χ1) is 10.6. The molecule has 1 N–H and O–H groups in total. The van der Waals surface area contributed by atoms with E-state index in [2.05, 4.69) is 10.1 Å². The van der Waals surface area contributed by atoms with Crippen LogP contribution in [0.3, 0.4) is 0 Å². The number of benzene rings is 1. The first-order valence-corrected chi connectivity index (χ1v) is 8.87. The van der Waals surface area contributed by atoms with Crippen molar-refractivity contribution in [2.75, 3.05) is 13.1 Å². The van der Waals surface area contributed by atoms with Crippen molar-refractivity contribution in [2.24, 2.45) is 0 Å². The number of carbonyl (C=O) groups excluding carboxylic acids is 1. The number of rotatable bonds is 4. The molecule has 0 spiro atoms. The summed E-state index contributed by atoms with van der Waals surface area (Å²) in [5.74, 6) is 0. The van der Waals surface area contributed by atoms with Crippen LogP contribution in [0.5, 0.6) is 0 Å². The van der Waals surface area contributed by atoms with Gasteiger partial charge in [-0.1, -0.05) is 17.7 Å². The lowest BCUT2D eigenvalue weighted by atomic mass is 10.2. The normalized spacial score (nSPS) is 18.0. The van der Waals surface area contributed by atoms with Crippen LogP contribution >= 0.6 is 0 Å². The maximum Gasteiger partial charge on any atom is 0.297 e. The topological polar surface area (TPSA) is 81.7 Å². The third kappa shape index (κ3) is 7.58. The number of hydrogen-bond acceptors (Lipinski definition) is 6. The molecule has 1 unspecified atom stereocenters. The lowest BCUT2D eigenvalue weighted by Gasteiger charge is -2.14. The number of nitrogens with one attached hydrogen (secondary N) is 1. The fourth-order valence-electron chi connectivity index (χ4n) is 1.79. The number of aryl methyl sites for hydroxylation is 1. The van der Waals surface area contributed by atoms with Gasteiger partial charge in [0.05, 0.1) is 11.0 Å². The van der Waals surface area contributed by atoms with Crippen LogP contribution in [0, 0.1) is 6.92 Å². The van der Waals surface area contributed by atoms with Crippen molar-refractivity contribution in [3.8, 4) is 0 Å². The molecule has 0 radical (unpaired) electrons. The molecule has 0 saturated carbocycles. The van der Waals surface area contributed by atoms with E-state index in [1.54, 1.807) is 24.3 Å². The van der Waals surface area contributed by atoms with Gasteiger partial charge >= 0.3 is 0 Å². The summed E-state index contributed by atoms with van der Waals surface area (Å²) in [6, 6.07) is 6.69. The predicted octanol–water partition coefficient (Wildman–Crippen LogP) is 2.02. The standard InChI is InChI=1S/C11H15NO3S.C5H10O2/c1-9-2-4-11(5-3-9)16(13,14)15-10-6-7-12-8-10;1-5(2,3)7-4-6/h2-5,10,12H,6-8H2,1H3;4H,1-3H3. The molecule has 1 fully saturated rings. The Morgan fingerprint density at radius 2 is 1.83 bits per heavy atom. The molecule has 23 heavy (non-hydrogen) atoms. The fraction of sp³-hybridized carbons (Fsp3) is 0.562. The average molecular weight is 343 g/mol. The molecule has 1 aromatic carbocycles. The molecule has 0 aliphatic carbocycles. The number of ether oxygens (including phenoxy) is 1. The van der Waals surface area contributed by atoms with Gasteiger partial charge in [-0.3, -0.25) is 8.98 Å². The van der Waals surface area contributed by atoms with Gasteiger partial charge in [0.15, 0.2) is 0 Å². The van der Waals surface area contributed by atoms with Crippen molar-refractivity contribution in [2.45, 2.75) is 50.7 Å². The molecule has 0 bridgehead atoms. The number of carbonyl (C=O) groups is 1. The van der Waals surface area contributed by atoms with Crippen LogP contribution in [0.1, 0.15) is 32.8 Å². The maximum absolute atomic E-state index is 11.8. The van der Waals surface area contributed by atoms with Crippen molar-refractivity contribution in [1.29, 1.82) is 0 Å². The van der Waals surface area contributed by atoms with Crippen molar-refractivity contribution in [3.05, 3.63) is 29.8 Å². The van der Waals surface area contributed by atoms with Crippen molar-refractivity contribution in [3.63, 3.8) is 0 Å². The van der Waals surface area contributed by atoms with Crippen LogP contribution in [0.15, 0.2) is 29.2 Å². The minimum Gasteiger partial charge on any atom is -0.462 e. The Bertz CT molecular complexity index is 584. The van der Waals surface area contributed by atoms with Crippen molar-refractivity contribution >= 4 is 16.6 Å². The zero-order valence-electron chi connectivity index (χ0n) is 14.0. The van der Waals surface area contributed by atoms with Gasteiger partial charge in [0, 0.05) is 6.54 Å². The van der Waals surface area contributed by atoms with E-state index in [1.807, 2.05) is 27.7 Å². The van der Waals surface area contributed by atoms with Gasteiger partial charge in [-0.25, -0.2) is 0 Å². The Balaban J connectivity index is 0.000000322. The molecule has 7 heteroatoms. The van der Waals surface area contributed by atoms with E-state index in [1.165, 1.54) is 0 Å². The zero-order valence-corrected chi connectivity index (χ0v) is 14.9. The van der Waals surface area contributed by atoms with E-state index in [-0.39, 0.29) is 16.6 Å². The van der Waals surface area contributed by atoms with Gasteiger partial charge < -0.3 is 10.1 Å². The SMILES string of the molecule is CC(C)(C)OC=O.Cc1ccc(S(=O)(=O)OC2CCNC2)cc1. The quantitative estimate of drug-likeness (QED) is 0.665. The Morgan fingerprint density at radius 1 is 1.22 bits per heavy atom. The van der Waals surface area contributed by atoms with Gasteiger partial charge in [-0.15, -0.1) is 0 Å². The Hall–Kier alpha value is -1.44. The molecule has 1 saturated heterocycles. The smallest absolute Gasteiger partial charge is 0.297 e. The average Bonchev–Trinajstić information content (AvgIpc) is 2.90. The van der Waals surface area contributed by atoms with E-state index in [0.717, 1.165) is 18.5 Å². The van der Waals surface area contributed by atoms with Gasteiger partial charge in [-0.2, -0.15) is 8.42 Å².